The highest BCUT2D eigenvalue weighted by atomic mass is 16.5. The summed E-state index contributed by atoms with van der Waals surface area (Å²) in [5.41, 5.74) is 1.77. The maximum atomic E-state index is 12.6. The van der Waals surface area contributed by atoms with Crippen LogP contribution in [0.3, 0.4) is 0 Å². The van der Waals surface area contributed by atoms with Gasteiger partial charge in [0, 0.05) is 25.3 Å². The van der Waals surface area contributed by atoms with Crippen LogP contribution in [0.25, 0.3) is 0 Å². The number of nitrogens with zero attached hydrogens (tertiary/aromatic N) is 3. The minimum absolute atomic E-state index is 0.0657. The van der Waals surface area contributed by atoms with Crippen molar-refractivity contribution in [2.45, 2.75) is 25.4 Å². The zero-order chi connectivity index (χ0) is 16.9. The molecule has 0 saturated carbocycles. The van der Waals surface area contributed by atoms with Crippen LogP contribution in [-0.4, -0.2) is 53.9 Å². The van der Waals surface area contributed by atoms with Crippen molar-refractivity contribution >= 4 is 5.91 Å². The van der Waals surface area contributed by atoms with E-state index in [2.05, 4.69) is 10.4 Å². The first-order valence-corrected chi connectivity index (χ1v) is 8.31. The van der Waals surface area contributed by atoms with Gasteiger partial charge in [0.1, 0.15) is 5.75 Å². The highest BCUT2D eigenvalue weighted by Gasteiger charge is 2.24. The molecule has 0 unspecified atom stereocenters. The van der Waals surface area contributed by atoms with E-state index in [4.69, 9.17) is 4.74 Å². The van der Waals surface area contributed by atoms with E-state index in [-0.39, 0.29) is 5.91 Å². The predicted molar refractivity (Wildman–Crippen MR) is 92.3 cm³/mol. The Morgan fingerprint density at radius 2 is 2.17 bits per heavy atom. The van der Waals surface area contributed by atoms with E-state index in [1.54, 1.807) is 18.0 Å². The Hall–Kier alpha value is -2.34. The van der Waals surface area contributed by atoms with Crippen LogP contribution >= 0.6 is 0 Å². The second kappa shape index (κ2) is 7.49. The zero-order valence-electron chi connectivity index (χ0n) is 14.2. The Morgan fingerprint density at radius 3 is 2.88 bits per heavy atom. The van der Waals surface area contributed by atoms with Crippen molar-refractivity contribution in [3.8, 4) is 5.75 Å². The smallest absolute Gasteiger partial charge is 0.257 e. The molecule has 1 atom stereocenters. The van der Waals surface area contributed by atoms with Crippen molar-refractivity contribution in [3.05, 3.63) is 47.8 Å². The Bertz CT molecular complexity index is 681. The van der Waals surface area contributed by atoms with Gasteiger partial charge in [0.25, 0.3) is 5.91 Å². The van der Waals surface area contributed by atoms with Gasteiger partial charge in [-0.25, -0.2) is 0 Å². The van der Waals surface area contributed by atoms with Crippen molar-refractivity contribution in [2.24, 2.45) is 0 Å². The molecule has 1 fully saturated rings. The minimum atomic E-state index is 0.0657. The molecule has 1 saturated heterocycles. The van der Waals surface area contributed by atoms with E-state index in [1.165, 1.54) is 0 Å². The van der Waals surface area contributed by atoms with Gasteiger partial charge in [0.05, 0.1) is 25.4 Å². The van der Waals surface area contributed by atoms with E-state index >= 15 is 0 Å². The number of amides is 1. The van der Waals surface area contributed by atoms with Crippen LogP contribution in [0.15, 0.2) is 36.7 Å². The lowest BCUT2D eigenvalue weighted by Crippen LogP contribution is -2.46. The predicted octanol–water partition coefficient (Wildman–Crippen LogP) is 1.76. The average Bonchev–Trinajstić information content (AvgIpc) is 3.10. The van der Waals surface area contributed by atoms with E-state index in [0.29, 0.717) is 18.2 Å². The number of carbonyl (C=O) groups is 1. The fourth-order valence-corrected chi connectivity index (χ4v) is 3.06. The number of benzene rings is 1. The maximum absolute atomic E-state index is 12.6. The normalized spacial score (nSPS) is 17.8. The molecular weight excluding hydrogens is 304 g/mol. The highest BCUT2D eigenvalue weighted by Crippen LogP contribution is 2.15. The molecule has 6 heteroatoms. The second-order valence-corrected chi connectivity index (χ2v) is 6.15. The van der Waals surface area contributed by atoms with Crippen LogP contribution in [0.5, 0.6) is 5.75 Å². The molecule has 3 rings (SSSR count). The molecule has 1 amide bonds. The molecule has 128 valence electrons. The fraction of sp³-hybridized carbons (Fsp3) is 0.444. The SMILES string of the molecule is CN[C@@H]1CCCN(C(=O)c2cnn(Cc3ccc(OC)cc3)c2)C1. The van der Waals surface area contributed by atoms with Crippen LogP contribution in [-0.2, 0) is 6.54 Å². The third-order valence-corrected chi connectivity index (χ3v) is 4.50. The van der Waals surface area contributed by atoms with E-state index in [1.807, 2.05) is 42.4 Å². The summed E-state index contributed by atoms with van der Waals surface area (Å²) < 4.78 is 6.96. The summed E-state index contributed by atoms with van der Waals surface area (Å²) in [5.74, 6) is 0.898. The standard InChI is InChI=1S/C18H24N4O2/c1-19-16-4-3-9-21(13-16)18(23)15-10-20-22(12-15)11-14-5-7-17(24-2)8-6-14/h5-8,10,12,16,19H,3-4,9,11,13H2,1-2H3/t16-/m1/s1. The van der Waals surface area contributed by atoms with Crippen LogP contribution in [0, 0.1) is 0 Å². The molecule has 24 heavy (non-hydrogen) atoms. The molecule has 0 spiro atoms. The van der Waals surface area contributed by atoms with Crippen molar-refractivity contribution in [1.82, 2.24) is 20.0 Å². The Morgan fingerprint density at radius 1 is 1.38 bits per heavy atom. The van der Waals surface area contributed by atoms with Gasteiger partial charge >= 0.3 is 0 Å². The number of likely N-dealkylation sites (N-methyl/N-ethyl adjacent to an activating group) is 1. The second-order valence-electron chi connectivity index (χ2n) is 6.15. The molecule has 1 aromatic carbocycles. The van der Waals surface area contributed by atoms with Gasteiger partial charge in [0.2, 0.25) is 0 Å². The number of hydrogen-bond acceptors (Lipinski definition) is 4. The third kappa shape index (κ3) is 3.76. The third-order valence-electron chi connectivity index (χ3n) is 4.50. The summed E-state index contributed by atoms with van der Waals surface area (Å²) in [5, 5.41) is 7.59. The van der Waals surface area contributed by atoms with E-state index in [0.717, 1.165) is 37.2 Å². The van der Waals surface area contributed by atoms with Gasteiger partial charge in [-0.1, -0.05) is 12.1 Å². The van der Waals surface area contributed by atoms with Crippen LogP contribution in [0.1, 0.15) is 28.8 Å². The number of piperidine rings is 1. The number of hydrogen-bond donors (Lipinski definition) is 1. The van der Waals surface area contributed by atoms with Gasteiger partial charge < -0.3 is 15.0 Å². The zero-order valence-corrected chi connectivity index (χ0v) is 14.2. The monoisotopic (exact) mass is 328 g/mol. The molecule has 2 heterocycles. The maximum Gasteiger partial charge on any atom is 0.257 e. The number of rotatable bonds is 5. The minimum Gasteiger partial charge on any atom is -0.497 e. The lowest BCUT2D eigenvalue weighted by Gasteiger charge is -2.32. The Kier molecular flexibility index (Phi) is 5.15. The van der Waals surface area contributed by atoms with Crippen LogP contribution in [0.4, 0.5) is 0 Å². The molecule has 1 N–H and O–H groups in total. The molecule has 0 radical (unpaired) electrons. The lowest BCUT2D eigenvalue weighted by atomic mass is 10.1. The summed E-state index contributed by atoms with van der Waals surface area (Å²) in [4.78, 5) is 14.6. The van der Waals surface area contributed by atoms with E-state index < -0.39 is 0 Å². The summed E-state index contributed by atoms with van der Waals surface area (Å²) in [6.07, 6.45) is 5.65. The largest absolute Gasteiger partial charge is 0.497 e. The average molecular weight is 328 g/mol. The molecule has 1 aromatic heterocycles. The number of nitrogens with one attached hydrogen (secondary N) is 1. The first kappa shape index (κ1) is 16.5. The summed E-state index contributed by atoms with van der Waals surface area (Å²) in [7, 11) is 3.60. The Balaban J connectivity index is 1.64. The van der Waals surface area contributed by atoms with Gasteiger partial charge in [-0.2, -0.15) is 5.10 Å². The summed E-state index contributed by atoms with van der Waals surface area (Å²) in [6.45, 7) is 2.22. The van der Waals surface area contributed by atoms with Gasteiger partial charge in [-0.15, -0.1) is 0 Å². The number of carbonyl (C=O) groups excluding carboxylic acids is 1. The quantitative estimate of drug-likeness (QED) is 0.909. The topological polar surface area (TPSA) is 59.4 Å². The molecule has 0 aliphatic carbocycles. The number of ether oxygens (including phenoxy) is 1. The van der Waals surface area contributed by atoms with Gasteiger partial charge in [-0.3, -0.25) is 9.48 Å². The fourth-order valence-electron chi connectivity index (χ4n) is 3.06. The molecule has 2 aromatic rings. The number of methoxy groups -OCH3 is 1. The number of likely N-dealkylation sites (tertiary alicyclic amines) is 1. The molecular formula is C18H24N4O2. The molecule has 0 bridgehead atoms. The Labute approximate surface area is 142 Å². The first-order chi connectivity index (χ1) is 11.7. The summed E-state index contributed by atoms with van der Waals surface area (Å²) >= 11 is 0. The number of aromatic nitrogens is 2. The van der Waals surface area contributed by atoms with Gasteiger partial charge in [0.15, 0.2) is 0 Å². The summed E-state index contributed by atoms with van der Waals surface area (Å²) in [6, 6.07) is 8.25. The molecule has 1 aliphatic heterocycles. The van der Waals surface area contributed by atoms with Crippen LogP contribution in [0.2, 0.25) is 0 Å². The van der Waals surface area contributed by atoms with Crippen molar-refractivity contribution in [1.29, 1.82) is 0 Å². The van der Waals surface area contributed by atoms with Crippen molar-refractivity contribution < 1.29 is 9.53 Å². The van der Waals surface area contributed by atoms with Crippen molar-refractivity contribution in [2.75, 3.05) is 27.2 Å². The molecule has 6 nitrogen and oxygen atoms in total. The lowest BCUT2D eigenvalue weighted by molar-refractivity contribution is 0.0698. The first-order valence-electron chi connectivity index (χ1n) is 8.31. The highest BCUT2D eigenvalue weighted by molar-refractivity contribution is 5.93. The van der Waals surface area contributed by atoms with E-state index in [9.17, 15) is 4.79 Å². The van der Waals surface area contributed by atoms with Gasteiger partial charge in [-0.05, 0) is 37.6 Å². The molecule has 1 aliphatic rings. The van der Waals surface area contributed by atoms with Crippen LogP contribution < -0.4 is 10.1 Å². The van der Waals surface area contributed by atoms with Crippen molar-refractivity contribution in [3.63, 3.8) is 0 Å².